The fraction of sp³-hybridized carbons (Fsp3) is 0.125. The van der Waals surface area contributed by atoms with Crippen LogP contribution in [0.4, 0.5) is 4.39 Å². The van der Waals surface area contributed by atoms with Crippen molar-refractivity contribution in [3.8, 4) is 22.1 Å². The Labute approximate surface area is 140 Å². The molecule has 0 atom stereocenters. The number of oxazole rings is 1. The van der Waals surface area contributed by atoms with Crippen molar-refractivity contribution in [2.24, 2.45) is 0 Å². The van der Waals surface area contributed by atoms with Crippen LogP contribution in [0.2, 0.25) is 4.34 Å². The van der Waals surface area contributed by atoms with Crippen molar-refractivity contribution in [2.75, 3.05) is 0 Å². The second kappa shape index (κ2) is 6.52. The Bertz CT molecular complexity index is 841. The van der Waals surface area contributed by atoms with E-state index in [1.807, 2.05) is 0 Å². The molecule has 0 fully saturated rings. The molecule has 0 saturated heterocycles. The number of thiophene rings is 1. The number of hydrogen-bond donors (Lipinski definition) is 1. The maximum Gasteiger partial charge on any atom is 0.303 e. The normalized spacial score (nSPS) is 10.9. The van der Waals surface area contributed by atoms with Gasteiger partial charge in [0, 0.05) is 12.0 Å². The number of carbonyl (C=O) groups is 1. The maximum atomic E-state index is 13.0. The number of carboxylic acid groups (broad SMARTS) is 1. The van der Waals surface area contributed by atoms with Gasteiger partial charge in [0.1, 0.15) is 5.82 Å². The van der Waals surface area contributed by atoms with Crippen LogP contribution in [-0.2, 0) is 11.2 Å². The number of rotatable bonds is 5. The van der Waals surface area contributed by atoms with Crippen LogP contribution in [-0.4, -0.2) is 16.1 Å². The number of aryl methyl sites for hydroxylation is 1. The summed E-state index contributed by atoms with van der Waals surface area (Å²) in [6.07, 6.45) is 0.187. The summed E-state index contributed by atoms with van der Waals surface area (Å²) in [4.78, 5) is 16.0. The number of aliphatic carboxylic acids is 1. The van der Waals surface area contributed by atoms with Crippen LogP contribution < -0.4 is 0 Å². The molecule has 3 rings (SSSR count). The molecule has 0 aliphatic heterocycles. The van der Waals surface area contributed by atoms with Gasteiger partial charge in [-0.15, -0.1) is 11.3 Å². The smallest absolute Gasteiger partial charge is 0.303 e. The zero-order valence-electron chi connectivity index (χ0n) is 11.8. The van der Waals surface area contributed by atoms with Crippen molar-refractivity contribution < 1.29 is 18.7 Å². The number of benzene rings is 1. The van der Waals surface area contributed by atoms with Crippen LogP contribution in [0.3, 0.4) is 0 Å². The van der Waals surface area contributed by atoms with E-state index in [9.17, 15) is 9.18 Å². The van der Waals surface area contributed by atoms with Gasteiger partial charge >= 0.3 is 5.97 Å². The van der Waals surface area contributed by atoms with Crippen molar-refractivity contribution >= 4 is 28.9 Å². The highest BCUT2D eigenvalue weighted by Gasteiger charge is 2.18. The topological polar surface area (TPSA) is 63.3 Å². The van der Waals surface area contributed by atoms with E-state index in [0.29, 0.717) is 27.2 Å². The lowest BCUT2D eigenvalue weighted by molar-refractivity contribution is -0.136. The minimum atomic E-state index is -0.911. The third kappa shape index (κ3) is 3.60. The molecular weight excluding hydrogens is 341 g/mol. The molecule has 0 unspecified atom stereocenters. The second-order valence-electron chi connectivity index (χ2n) is 4.80. The lowest BCUT2D eigenvalue weighted by Gasteiger charge is -1.96. The molecule has 118 valence electrons. The zero-order valence-corrected chi connectivity index (χ0v) is 13.3. The average Bonchev–Trinajstić information content (AvgIpc) is 3.12. The van der Waals surface area contributed by atoms with Gasteiger partial charge in [-0.3, -0.25) is 4.79 Å². The lowest BCUT2D eigenvalue weighted by atomic mass is 10.2. The molecule has 2 aromatic heterocycles. The van der Waals surface area contributed by atoms with Crippen LogP contribution in [0.1, 0.15) is 12.1 Å². The SMILES string of the molecule is O=C(O)CCc1nc(-c2ccc(F)cc2)oc1-c1ccc(Cl)s1. The van der Waals surface area contributed by atoms with Crippen LogP contribution >= 0.6 is 22.9 Å². The fourth-order valence-corrected chi connectivity index (χ4v) is 3.14. The van der Waals surface area contributed by atoms with E-state index in [4.69, 9.17) is 21.1 Å². The van der Waals surface area contributed by atoms with Crippen LogP contribution in [0.5, 0.6) is 0 Å². The highest BCUT2D eigenvalue weighted by molar-refractivity contribution is 7.19. The van der Waals surface area contributed by atoms with Gasteiger partial charge in [-0.2, -0.15) is 0 Å². The summed E-state index contributed by atoms with van der Waals surface area (Å²) in [5.41, 5.74) is 1.17. The van der Waals surface area contributed by atoms with Crippen molar-refractivity contribution in [1.82, 2.24) is 4.98 Å². The van der Waals surface area contributed by atoms with Gasteiger partial charge in [-0.25, -0.2) is 9.37 Å². The quantitative estimate of drug-likeness (QED) is 0.711. The monoisotopic (exact) mass is 351 g/mol. The molecule has 0 aliphatic rings. The van der Waals surface area contributed by atoms with Gasteiger partial charge in [-0.05, 0) is 36.4 Å². The molecule has 2 heterocycles. The summed E-state index contributed by atoms with van der Waals surface area (Å²) in [6.45, 7) is 0. The van der Waals surface area contributed by atoms with Gasteiger partial charge < -0.3 is 9.52 Å². The van der Waals surface area contributed by atoms with Gasteiger partial charge in [0.25, 0.3) is 0 Å². The number of aromatic nitrogens is 1. The molecular formula is C16H11ClFNO3S. The third-order valence-electron chi connectivity index (χ3n) is 3.16. The Morgan fingerprint density at radius 1 is 1.26 bits per heavy atom. The second-order valence-corrected chi connectivity index (χ2v) is 6.51. The number of nitrogens with zero attached hydrogens (tertiary/aromatic N) is 1. The van der Waals surface area contributed by atoms with Gasteiger partial charge in [0.05, 0.1) is 21.3 Å². The molecule has 1 aromatic carbocycles. The van der Waals surface area contributed by atoms with Crippen molar-refractivity contribution in [1.29, 1.82) is 0 Å². The molecule has 0 spiro atoms. The Kier molecular flexibility index (Phi) is 4.45. The molecule has 0 radical (unpaired) electrons. The van der Waals surface area contributed by atoms with Crippen molar-refractivity contribution in [2.45, 2.75) is 12.8 Å². The van der Waals surface area contributed by atoms with E-state index in [2.05, 4.69) is 4.98 Å². The van der Waals surface area contributed by atoms with E-state index in [0.717, 1.165) is 4.88 Å². The van der Waals surface area contributed by atoms with Crippen molar-refractivity contribution in [3.05, 3.63) is 52.2 Å². The largest absolute Gasteiger partial charge is 0.481 e. The molecule has 0 aliphatic carbocycles. The van der Waals surface area contributed by atoms with E-state index < -0.39 is 5.97 Å². The molecule has 4 nitrogen and oxygen atoms in total. The van der Waals surface area contributed by atoms with Crippen molar-refractivity contribution in [3.63, 3.8) is 0 Å². The molecule has 0 saturated carbocycles. The highest BCUT2D eigenvalue weighted by Crippen LogP contribution is 2.36. The third-order valence-corrected chi connectivity index (χ3v) is 4.39. The summed E-state index contributed by atoms with van der Waals surface area (Å²) >= 11 is 7.28. The average molecular weight is 352 g/mol. The first kappa shape index (κ1) is 15.7. The van der Waals surface area contributed by atoms with Crippen LogP contribution in [0, 0.1) is 5.82 Å². The van der Waals surface area contributed by atoms with Gasteiger partial charge in [0.2, 0.25) is 5.89 Å². The molecule has 7 heteroatoms. The van der Waals surface area contributed by atoms with E-state index in [-0.39, 0.29) is 18.7 Å². The summed E-state index contributed by atoms with van der Waals surface area (Å²) in [7, 11) is 0. The Morgan fingerprint density at radius 3 is 2.61 bits per heavy atom. The maximum absolute atomic E-state index is 13.0. The highest BCUT2D eigenvalue weighted by atomic mass is 35.5. The van der Waals surface area contributed by atoms with E-state index >= 15 is 0 Å². The predicted molar refractivity (Wildman–Crippen MR) is 86.2 cm³/mol. The van der Waals surface area contributed by atoms with Crippen LogP contribution in [0.25, 0.3) is 22.1 Å². The summed E-state index contributed by atoms with van der Waals surface area (Å²) in [6, 6.07) is 9.30. The predicted octanol–water partition coefficient (Wildman–Crippen LogP) is 4.88. The van der Waals surface area contributed by atoms with E-state index in [1.54, 1.807) is 24.3 Å². The lowest BCUT2D eigenvalue weighted by Crippen LogP contribution is -1.98. The first-order valence-electron chi connectivity index (χ1n) is 6.76. The minimum absolute atomic E-state index is 0.0541. The molecule has 0 amide bonds. The molecule has 1 N–H and O–H groups in total. The van der Waals surface area contributed by atoms with Gasteiger partial charge in [-0.1, -0.05) is 11.6 Å². The Hall–Kier alpha value is -2.18. The fourth-order valence-electron chi connectivity index (χ4n) is 2.09. The van der Waals surface area contributed by atoms with Gasteiger partial charge in [0.15, 0.2) is 5.76 Å². The standard InChI is InChI=1S/C16H11ClFNO3S/c17-13-7-6-12(23-13)15-11(5-8-14(20)21)19-16(22-15)9-1-3-10(18)4-2-9/h1-4,6-7H,5,8H2,(H,20,21). The first-order chi connectivity index (χ1) is 11.0. The molecule has 23 heavy (non-hydrogen) atoms. The molecule has 0 bridgehead atoms. The number of halogens is 2. The van der Waals surface area contributed by atoms with Crippen LogP contribution in [0.15, 0.2) is 40.8 Å². The summed E-state index contributed by atoms with van der Waals surface area (Å²) in [5.74, 6) is -0.435. The zero-order chi connectivity index (χ0) is 16.4. The Morgan fingerprint density at radius 2 is 2.00 bits per heavy atom. The number of carboxylic acids is 1. The minimum Gasteiger partial charge on any atom is -0.481 e. The summed E-state index contributed by atoms with van der Waals surface area (Å²) < 4.78 is 19.4. The Balaban J connectivity index is 2.01. The van der Waals surface area contributed by atoms with E-state index in [1.165, 1.54) is 23.5 Å². The number of hydrogen-bond acceptors (Lipinski definition) is 4. The first-order valence-corrected chi connectivity index (χ1v) is 7.95. The molecule has 3 aromatic rings. The summed E-state index contributed by atoms with van der Waals surface area (Å²) in [5, 5.41) is 8.88.